The standard InChI is InChI=1S/C11H9N3O5/c1-12-8(15)5-13-10(16)6-3-2-4-7(14(18)19)9(6)11(13)17/h2-4H,5H2,1H3,(H,12,15). The number of carbonyl (C=O) groups is 3. The van der Waals surface area contributed by atoms with E-state index in [9.17, 15) is 24.5 Å². The summed E-state index contributed by atoms with van der Waals surface area (Å²) in [7, 11) is 1.36. The van der Waals surface area contributed by atoms with Gasteiger partial charge in [0.05, 0.1) is 10.5 Å². The third-order valence-electron chi connectivity index (χ3n) is 2.75. The Morgan fingerprint density at radius 3 is 2.63 bits per heavy atom. The van der Waals surface area contributed by atoms with Crippen LogP contribution in [0.5, 0.6) is 0 Å². The van der Waals surface area contributed by atoms with E-state index in [1.54, 1.807) is 0 Å². The summed E-state index contributed by atoms with van der Waals surface area (Å²) in [6.45, 7) is -0.458. The van der Waals surface area contributed by atoms with Crippen LogP contribution < -0.4 is 5.32 Å². The monoisotopic (exact) mass is 263 g/mol. The highest BCUT2D eigenvalue weighted by molar-refractivity contribution is 6.24. The molecular formula is C11H9N3O5. The van der Waals surface area contributed by atoms with E-state index in [-0.39, 0.29) is 11.1 Å². The fourth-order valence-corrected chi connectivity index (χ4v) is 1.83. The molecule has 1 N–H and O–H groups in total. The van der Waals surface area contributed by atoms with Gasteiger partial charge in [0.15, 0.2) is 0 Å². The molecule has 0 unspecified atom stereocenters. The molecule has 0 aromatic heterocycles. The molecule has 0 aliphatic carbocycles. The molecule has 1 aliphatic heterocycles. The van der Waals surface area contributed by atoms with Crippen molar-refractivity contribution in [3.63, 3.8) is 0 Å². The minimum atomic E-state index is -0.823. The molecule has 8 heteroatoms. The number of nitro groups is 1. The lowest BCUT2D eigenvalue weighted by molar-refractivity contribution is -0.385. The second-order valence-corrected chi connectivity index (χ2v) is 3.83. The average molecular weight is 263 g/mol. The lowest BCUT2D eigenvalue weighted by Crippen LogP contribution is -2.39. The van der Waals surface area contributed by atoms with Gasteiger partial charge in [0.2, 0.25) is 5.91 Å². The van der Waals surface area contributed by atoms with Gasteiger partial charge in [-0.3, -0.25) is 29.4 Å². The van der Waals surface area contributed by atoms with Crippen molar-refractivity contribution in [2.45, 2.75) is 0 Å². The normalized spacial score (nSPS) is 13.4. The third-order valence-corrected chi connectivity index (χ3v) is 2.75. The lowest BCUT2D eigenvalue weighted by atomic mass is 10.1. The van der Waals surface area contributed by atoms with E-state index in [2.05, 4.69) is 5.32 Å². The fourth-order valence-electron chi connectivity index (χ4n) is 1.83. The predicted molar refractivity (Wildman–Crippen MR) is 62.5 cm³/mol. The van der Waals surface area contributed by atoms with Crippen LogP contribution in [0.1, 0.15) is 20.7 Å². The van der Waals surface area contributed by atoms with Gasteiger partial charge in [-0.15, -0.1) is 0 Å². The highest BCUT2D eigenvalue weighted by Gasteiger charge is 2.41. The number of benzene rings is 1. The zero-order chi connectivity index (χ0) is 14.2. The third kappa shape index (κ3) is 1.92. The first-order valence-electron chi connectivity index (χ1n) is 5.31. The Morgan fingerprint density at radius 2 is 2.05 bits per heavy atom. The number of hydrogen-bond donors (Lipinski definition) is 1. The molecule has 8 nitrogen and oxygen atoms in total. The number of carbonyl (C=O) groups excluding carboxylic acids is 3. The zero-order valence-electron chi connectivity index (χ0n) is 9.87. The molecule has 1 aromatic carbocycles. The van der Waals surface area contributed by atoms with Crippen molar-refractivity contribution in [3.05, 3.63) is 39.4 Å². The van der Waals surface area contributed by atoms with Gasteiger partial charge in [-0.2, -0.15) is 0 Å². The number of nitrogens with one attached hydrogen (secondary N) is 1. The molecule has 1 heterocycles. The number of nitro benzene ring substituents is 1. The fraction of sp³-hybridized carbons (Fsp3) is 0.182. The van der Waals surface area contributed by atoms with Crippen LogP contribution in [0.15, 0.2) is 18.2 Å². The molecule has 19 heavy (non-hydrogen) atoms. The number of rotatable bonds is 3. The van der Waals surface area contributed by atoms with Gasteiger partial charge in [0.25, 0.3) is 17.5 Å². The molecule has 2 rings (SSSR count). The Morgan fingerprint density at radius 1 is 1.37 bits per heavy atom. The topological polar surface area (TPSA) is 110 Å². The number of hydrogen-bond acceptors (Lipinski definition) is 5. The van der Waals surface area contributed by atoms with Crippen LogP contribution in [0.2, 0.25) is 0 Å². The number of imide groups is 1. The molecule has 0 saturated heterocycles. The largest absolute Gasteiger partial charge is 0.358 e. The first-order chi connectivity index (χ1) is 8.97. The van der Waals surface area contributed by atoms with Crippen LogP contribution in [0.25, 0.3) is 0 Å². The van der Waals surface area contributed by atoms with E-state index in [0.29, 0.717) is 4.90 Å². The van der Waals surface area contributed by atoms with E-state index in [1.165, 1.54) is 19.2 Å². The molecule has 0 radical (unpaired) electrons. The second kappa shape index (κ2) is 4.48. The van der Waals surface area contributed by atoms with Crippen molar-refractivity contribution < 1.29 is 19.3 Å². The molecule has 0 atom stereocenters. The Kier molecular flexibility index (Phi) is 2.99. The van der Waals surface area contributed by atoms with E-state index in [0.717, 1.165) is 6.07 Å². The summed E-state index contributed by atoms with van der Waals surface area (Å²) in [6, 6.07) is 3.80. The van der Waals surface area contributed by atoms with E-state index >= 15 is 0 Å². The zero-order valence-corrected chi connectivity index (χ0v) is 9.87. The number of fused-ring (bicyclic) bond motifs is 1. The number of amides is 3. The highest BCUT2D eigenvalue weighted by Crippen LogP contribution is 2.30. The summed E-state index contributed by atoms with van der Waals surface area (Å²) in [5, 5.41) is 13.1. The van der Waals surface area contributed by atoms with Crippen molar-refractivity contribution in [1.82, 2.24) is 10.2 Å². The molecule has 0 fully saturated rings. The van der Waals surface area contributed by atoms with Gasteiger partial charge in [-0.1, -0.05) is 6.07 Å². The van der Waals surface area contributed by atoms with Crippen molar-refractivity contribution in [2.24, 2.45) is 0 Å². The molecular weight excluding hydrogens is 254 g/mol. The Hall–Kier alpha value is -2.77. The second-order valence-electron chi connectivity index (χ2n) is 3.83. The van der Waals surface area contributed by atoms with Crippen molar-refractivity contribution in [1.29, 1.82) is 0 Å². The predicted octanol–water partition coefficient (Wildman–Crippen LogP) is -0.0632. The van der Waals surface area contributed by atoms with Gasteiger partial charge in [-0.05, 0) is 6.07 Å². The summed E-state index contributed by atoms with van der Waals surface area (Å²) in [5.41, 5.74) is -0.750. The van der Waals surface area contributed by atoms with Crippen molar-refractivity contribution in [2.75, 3.05) is 13.6 Å². The Bertz CT molecular complexity index is 610. The molecule has 1 aromatic rings. The highest BCUT2D eigenvalue weighted by atomic mass is 16.6. The number of likely N-dealkylation sites (N-methyl/N-ethyl adjacent to an activating group) is 1. The van der Waals surface area contributed by atoms with E-state index < -0.39 is 34.9 Å². The molecule has 3 amide bonds. The maximum absolute atomic E-state index is 12.0. The summed E-state index contributed by atoms with van der Waals surface area (Å²) in [5.74, 6) is -2.06. The molecule has 0 spiro atoms. The van der Waals surface area contributed by atoms with Crippen molar-refractivity contribution >= 4 is 23.4 Å². The van der Waals surface area contributed by atoms with Gasteiger partial charge < -0.3 is 5.32 Å². The van der Waals surface area contributed by atoms with Crippen molar-refractivity contribution in [3.8, 4) is 0 Å². The summed E-state index contributed by atoms with van der Waals surface area (Å²) < 4.78 is 0. The van der Waals surface area contributed by atoms with Crippen LogP contribution in [0, 0.1) is 10.1 Å². The van der Waals surface area contributed by atoms with E-state index in [1.807, 2.05) is 0 Å². The van der Waals surface area contributed by atoms with Crippen LogP contribution in [0.4, 0.5) is 5.69 Å². The quantitative estimate of drug-likeness (QED) is 0.466. The first kappa shape index (κ1) is 12.7. The average Bonchev–Trinajstić information content (AvgIpc) is 2.63. The molecule has 1 aliphatic rings. The van der Waals surface area contributed by atoms with Crippen LogP contribution >= 0.6 is 0 Å². The van der Waals surface area contributed by atoms with Crippen LogP contribution in [-0.2, 0) is 4.79 Å². The molecule has 0 bridgehead atoms. The van der Waals surface area contributed by atoms with Crippen LogP contribution in [0.3, 0.4) is 0 Å². The van der Waals surface area contributed by atoms with Gasteiger partial charge in [-0.25, -0.2) is 0 Å². The lowest BCUT2D eigenvalue weighted by Gasteiger charge is -2.11. The maximum atomic E-state index is 12.0. The summed E-state index contributed by atoms with van der Waals surface area (Å²) in [6.07, 6.45) is 0. The summed E-state index contributed by atoms with van der Waals surface area (Å²) in [4.78, 5) is 46.0. The van der Waals surface area contributed by atoms with Gasteiger partial charge in [0.1, 0.15) is 12.1 Å². The minimum absolute atomic E-state index is 0.0527. The Labute approximate surface area is 107 Å². The molecule has 98 valence electrons. The first-order valence-corrected chi connectivity index (χ1v) is 5.31. The number of nitrogens with zero attached hydrogens (tertiary/aromatic N) is 2. The molecule has 0 saturated carbocycles. The smallest absolute Gasteiger partial charge is 0.282 e. The minimum Gasteiger partial charge on any atom is -0.358 e. The van der Waals surface area contributed by atoms with Crippen LogP contribution in [-0.4, -0.2) is 41.1 Å². The Balaban J connectivity index is 2.47. The van der Waals surface area contributed by atoms with E-state index in [4.69, 9.17) is 0 Å². The maximum Gasteiger partial charge on any atom is 0.282 e. The van der Waals surface area contributed by atoms with Gasteiger partial charge in [0, 0.05) is 13.1 Å². The summed E-state index contributed by atoms with van der Waals surface area (Å²) >= 11 is 0. The van der Waals surface area contributed by atoms with Gasteiger partial charge >= 0.3 is 0 Å². The SMILES string of the molecule is CNC(=O)CN1C(=O)c2cccc([N+](=O)[O-])c2C1=O.